The predicted octanol–water partition coefficient (Wildman–Crippen LogP) is 16.8. The molecule has 0 aromatic rings. The van der Waals surface area contributed by atoms with Crippen molar-refractivity contribution in [3.05, 3.63) is 109 Å². The molecular formula is C57H92O6. The third-order valence-electron chi connectivity index (χ3n) is 10.5. The van der Waals surface area contributed by atoms with Crippen molar-refractivity contribution in [2.75, 3.05) is 13.2 Å². The molecule has 0 aliphatic carbocycles. The van der Waals surface area contributed by atoms with Gasteiger partial charge in [-0.1, -0.05) is 246 Å². The van der Waals surface area contributed by atoms with Gasteiger partial charge in [0.1, 0.15) is 13.2 Å². The maximum atomic E-state index is 12.8. The normalized spacial score (nSPS) is 13.0. The third kappa shape index (κ3) is 49.0. The van der Waals surface area contributed by atoms with Crippen molar-refractivity contribution in [1.82, 2.24) is 0 Å². The van der Waals surface area contributed by atoms with Crippen molar-refractivity contribution in [3.63, 3.8) is 0 Å². The van der Waals surface area contributed by atoms with Crippen LogP contribution < -0.4 is 0 Å². The molecular weight excluding hydrogens is 781 g/mol. The van der Waals surface area contributed by atoms with Crippen LogP contribution in [0.1, 0.15) is 213 Å². The van der Waals surface area contributed by atoms with E-state index in [4.69, 9.17) is 14.2 Å². The van der Waals surface area contributed by atoms with Gasteiger partial charge >= 0.3 is 17.9 Å². The van der Waals surface area contributed by atoms with Gasteiger partial charge in [0.2, 0.25) is 0 Å². The topological polar surface area (TPSA) is 78.9 Å². The summed E-state index contributed by atoms with van der Waals surface area (Å²) in [5.74, 6) is -1.01. The molecule has 0 saturated heterocycles. The molecule has 0 fully saturated rings. The largest absolute Gasteiger partial charge is 0.462 e. The van der Waals surface area contributed by atoms with E-state index in [1.54, 1.807) is 0 Å². The van der Waals surface area contributed by atoms with Crippen LogP contribution in [0.4, 0.5) is 0 Å². The van der Waals surface area contributed by atoms with Crippen molar-refractivity contribution in [2.24, 2.45) is 0 Å². The SMILES string of the molecule is CC\C=C/C=C\C=C/C=C\C=C/CCCC(=O)OCC(COC(=O)CCCCCCC\C=C/C=C\C=C/C=C\CCCCC)OC(=O)CCCCCCCCCCCCCCCC. The zero-order chi connectivity index (χ0) is 45.8. The number of carbonyl (C=O) groups is 3. The second kappa shape index (κ2) is 50.7. The molecule has 0 N–H and O–H groups in total. The summed E-state index contributed by atoms with van der Waals surface area (Å²) >= 11 is 0. The zero-order valence-electron chi connectivity index (χ0n) is 40.5. The second-order valence-corrected chi connectivity index (χ2v) is 16.6. The first kappa shape index (κ1) is 59.1. The Morgan fingerprint density at radius 3 is 1.06 bits per heavy atom. The van der Waals surface area contributed by atoms with Gasteiger partial charge in [-0.05, 0) is 57.8 Å². The van der Waals surface area contributed by atoms with E-state index in [-0.39, 0.29) is 37.5 Å². The van der Waals surface area contributed by atoms with Crippen molar-refractivity contribution < 1.29 is 28.6 Å². The highest BCUT2D eigenvalue weighted by atomic mass is 16.6. The summed E-state index contributed by atoms with van der Waals surface area (Å²) < 4.78 is 16.7. The highest BCUT2D eigenvalue weighted by Gasteiger charge is 2.19. The number of unbranched alkanes of at least 4 members (excludes halogenated alkanes) is 22. The van der Waals surface area contributed by atoms with E-state index in [2.05, 4.69) is 75.5 Å². The van der Waals surface area contributed by atoms with Crippen LogP contribution in [0.2, 0.25) is 0 Å². The lowest BCUT2D eigenvalue weighted by Crippen LogP contribution is -2.30. The van der Waals surface area contributed by atoms with Gasteiger partial charge in [0.15, 0.2) is 6.10 Å². The van der Waals surface area contributed by atoms with Gasteiger partial charge in [-0.25, -0.2) is 0 Å². The standard InChI is InChI=1S/C57H92O6/c1-4-7-10-13-16-19-22-25-27-28-29-30-33-35-38-41-44-47-50-56(59)62-53-54(52-61-55(58)49-46-43-40-37-34-31-24-21-18-15-12-9-6-3)63-57(60)51-48-45-42-39-36-32-26-23-20-17-14-11-8-5-2/h9,12,15-16,18-19,21-22,24-25,27-31,34,37,40,54H,4-8,10-11,13-14,17,20,23,26,32-33,35-36,38-39,41-53H2,1-3H3/b12-9-,18-15-,19-16-,24-21-,25-22-,28-27-,30-29-,34-31-,40-37-. The molecule has 0 radical (unpaired) electrons. The van der Waals surface area contributed by atoms with Crippen LogP contribution in [-0.2, 0) is 28.6 Å². The smallest absolute Gasteiger partial charge is 0.306 e. The Morgan fingerprint density at radius 2 is 0.635 bits per heavy atom. The van der Waals surface area contributed by atoms with Crippen molar-refractivity contribution in [3.8, 4) is 0 Å². The van der Waals surface area contributed by atoms with Gasteiger partial charge in [0.25, 0.3) is 0 Å². The summed E-state index contributed by atoms with van der Waals surface area (Å²) in [5, 5.41) is 0. The molecule has 0 bridgehead atoms. The molecule has 0 heterocycles. The summed E-state index contributed by atoms with van der Waals surface area (Å²) in [5.41, 5.74) is 0. The molecule has 0 aliphatic rings. The van der Waals surface area contributed by atoms with E-state index in [1.165, 1.54) is 89.9 Å². The Bertz CT molecular complexity index is 1330. The molecule has 6 heteroatoms. The van der Waals surface area contributed by atoms with Crippen LogP contribution in [0.5, 0.6) is 0 Å². The van der Waals surface area contributed by atoms with Crippen LogP contribution in [0.25, 0.3) is 0 Å². The zero-order valence-corrected chi connectivity index (χ0v) is 40.5. The van der Waals surface area contributed by atoms with E-state index >= 15 is 0 Å². The monoisotopic (exact) mass is 873 g/mol. The number of esters is 3. The molecule has 1 unspecified atom stereocenters. The summed E-state index contributed by atoms with van der Waals surface area (Å²) in [4.78, 5) is 37.9. The first-order valence-electron chi connectivity index (χ1n) is 25.5. The lowest BCUT2D eigenvalue weighted by atomic mass is 10.0. The van der Waals surface area contributed by atoms with Gasteiger partial charge in [-0.15, -0.1) is 0 Å². The first-order valence-corrected chi connectivity index (χ1v) is 25.5. The van der Waals surface area contributed by atoms with Gasteiger partial charge in [-0.2, -0.15) is 0 Å². The van der Waals surface area contributed by atoms with E-state index < -0.39 is 6.10 Å². The van der Waals surface area contributed by atoms with Gasteiger partial charge in [-0.3, -0.25) is 14.4 Å². The number of ether oxygens (including phenoxy) is 3. The highest BCUT2D eigenvalue weighted by Crippen LogP contribution is 2.15. The maximum Gasteiger partial charge on any atom is 0.306 e. The van der Waals surface area contributed by atoms with Crippen LogP contribution in [0.3, 0.4) is 0 Å². The Hall–Kier alpha value is -3.93. The quantitative estimate of drug-likeness (QED) is 0.0263. The molecule has 0 saturated carbocycles. The Morgan fingerprint density at radius 1 is 0.333 bits per heavy atom. The van der Waals surface area contributed by atoms with Crippen LogP contribution in [0.15, 0.2) is 109 Å². The Kier molecular flexibility index (Phi) is 47.5. The molecule has 356 valence electrons. The number of hydrogen-bond donors (Lipinski definition) is 0. The fourth-order valence-corrected chi connectivity index (χ4v) is 6.66. The van der Waals surface area contributed by atoms with Crippen molar-refractivity contribution in [2.45, 2.75) is 219 Å². The van der Waals surface area contributed by atoms with E-state index in [9.17, 15) is 14.4 Å². The minimum Gasteiger partial charge on any atom is -0.462 e. The fourth-order valence-electron chi connectivity index (χ4n) is 6.66. The van der Waals surface area contributed by atoms with E-state index in [1.807, 2.05) is 54.7 Å². The molecule has 6 nitrogen and oxygen atoms in total. The van der Waals surface area contributed by atoms with Gasteiger partial charge in [0.05, 0.1) is 0 Å². The molecule has 0 aromatic heterocycles. The minimum atomic E-state index is -0.816. The van der Waals surface area contributed by atoms with Crippen LogP contribution in [-0.4, -0.2) is 37.2 Å². The summed E-state index contributed by atoms with van der Waals surface area (Å²) in [6.07, 6.45) is 67.9. The van der Waals surface area contributed by atoms with E-state index in [0.717, 1.165) is 77.0 Å². The predicted molar refractivity (Wildman–Crippen MR) is 270 cm³/mol. The Balaban J connectivity index is 4.53. The summed E-state index contributed by atoms with van der Waals surface area (Å²) in [6, 6.07) is 0. The maximum absolute atomic E-state index is 12.8. The molecule has 0 aliphatic heterocycles. The molecule has 0 amide bonds. The fraction of sp³-hybridized carbons (Fsp3) is 0.632. The van der Waals surface area contributed by atoms with Crippen LogP contribution >= 0.6 is 0 Å². The molecule has 0 rings (SSSR count). The Labute approximate surface area is 387 Å². The average Bonchev–Trinajstić information content (AvgIpc) is 3.28. The van der Waals surface area contributed by atoms with Crippen LogP contribution in [0, 0.1) is 0 Å². The number of hydrogen-bond acceptors (Lipinski definition) is 6. The van der Waals surface area contributed by atoms with Gasteiger partial charge < -0.3 is 14.2 Å². The van der Waals surface area contributed by atoms with Crippen molar-refractivity contribution in [1.29, 1.82) is 0 Å². The lowest BCUT2D eigenvalue weighted by Gasteiger charge is -2.18. The molecule has 63 heavy (non-hydrogen) atoms. The van der Waals surface area contributed by atoms with Crippen molar-refractivity contribution >= 4 is 17.9 Å². The number of allylic oxidation sites excluding steroid dienone is 18. The number of rotatable bonds is 44. The first-order chi connectivity index (χ1) is 31.0. The highest BCUT2D eigenvalue weighted by molar-refractivity contribution is 5.71. The van der Waals surface area contributed by atoms with Gasteiger partial charge in [0, 0.05) is 19.3 Å². The van der Waals surface area contributed by atoms with E-state index in [0.29, 0.717) is 19.3 Å². The number of carbonyl (C=O) groups excluding carboxylic acids is 3. The minimum absolute atomic E-state index is 0.113. The molecule has 0 aromatic carbocycles. The molecule has 1 atom stereocenters. The molecule has 0 spiro atoms. The second-order valence-electron chi connectivity index (χ2n) is 16.6. The third-order valence-corrected chi connectivity index (χ3v) is 10.5. The lowest BCUT2D eigenvalue weighted by molar-refractivity contribution is -0.167. The summed E-state index contributed by atoms with van der Waals surface area (Å²) in [6.45, 7) is 6.36. The summed E-state index contributed by atoms with van der Waals surface area (Å²) in [7, 11) is 0. The average molecular weight is 873 g/mol.